The smallest absolute Gasteiger partial charge is 0.341 e. The average molecular weight is 425 g/mol. The molecule has 0 bridgehead atoms. The average Bonchev–Trinajstić information content (AvgIpc) is 2.59. The number of hydrogen-bond acceptors (Lipinski definition) is 5. The van der Waals surface area contributed by atoms with Crippen molar-refractivity contribution in [2.24, 2.45) is 10.7 Å². The van der Waals surface area contributed by atoms with Crippen LogP contribution in [0.4, 0.5) is 13.2 Å². The number of aliphatic imine (C=N–C) groups is 1. The number of carbonyl (C=O) groups is 1. The Morgan fingerprint density at radius 1 is 1.33 bits per heavy atom. The number of amidine groups is 1. The van der Waals surface area contributed by atoms with Gasteiger partial charge in [-0.3, -0.25) is 5.41 Å². The molecule has 0 fully saturated rings. The van der Waals surface area contributed by atoms with Crippen molar-refractivity contribution in [2.45, 2.75) is 40.0 Å². The highest BCUT2D eigenvalue weighted by Crippen LogP contribution is 2.28. The molecule has 0 aliphatic rings. The fourth-order valence-corrected chi connectivity index (χ4v) is 2.67. The predicted octanol–water partition coefficient (Wildman–Crippen LogP) is 3.63. The number of benzene rings is 1. The molecular formula is C21H26F3N3O3. The molecule has 1 aromatic rings. The number of rotatable bonds is 8. The summed E-state index contributed by atoms with van der Waals surface area (Å²) in [6.45, 7) is 4.79. The monoisotopic (exact) mass is 425 g/mol. The third-order valence-electron chi connectivity index (χ3n) is 3.90. The largest absolute Gasteiger partial charge is 0.462 e. The Kier molecular flexibility index (Phi) is 8.97. The Bertz CT molecular complexity index is 896. The van der Waals surface area contributed by atoms with Gasteiger partial charge in [-0.25, -0.2) is 23.0 Å². The molecule has 4 N–H and O–H groups in total. The number of esters is 1. The van der Waals surface area contributed by atoms with E-state index in [0.29, 0.717) is 18.1 Å². The highest BCUT2D eigenvalue weighted by Gasteiger charge is 2.25. The maximum Gasteiger partial charge on any atom is 0.341 e. The van der Waals surface area contributed by atoms with E-state index in [1.165, 1.54) is 19.1 Å². The van der Waals surface area contributed by atoms with E-state index in [4.69, 9.17) is 15.9 Å². The minimum atomic E-state index is -3.18. The van der Waals surface area contributed by atoms with Crippen molar-refractivity contribution in [2.75, 3.05) is 13.2 Å². The van der Waals surface area contributed by atoms with Gasteiger partial charge >= 0.3 is 5.97 Å². The number of allylic oxidation sites excluding steroid dienone is 2. The summed E-state index contributed by atoms with van der Waals surface area (Å²) in [7, 11) is 0. The van der Waals surface area contributed by atoms with Crippen molar-refractivity contribution >= 4 is 17.5 Å². The van der Waals surface area contributed by atoms with Gasteiger partial charge in [0, 0.05) is 18.2 Å². The van der Waals surface area contributed by atoms with E-state index in [1.54, 1.807) is 13.8 Å². The lowest BCUT2D eigenvalue weighted by Gasteiger charge is -2.13. The molecule has 0 unspecified atom stereocenters. The van der Waals surface area contributed by atoms with E-state index >= 15 is 0 Å². The van der Waals surface area contributed by atoms with Crippen LogP contribution in [0.5, 0.6) is 0 Å². The highest BCUT2D eigenvalue weighted by molar-refractivity contribution is 6.23. The molecule has 0 saturated heterocycles. The van der Waals surface area contributed by atoms with Crippen LogP contribution in [0.25, 0.3) is 0 Å². The van der Waals surface area contributed by atoms with Gasteiger partial charge in [0.05, 0.1) is 18.9 Å². The summed E-state index contributed by atoms with van der Waals surface area (Å²) in [5.74, 6) is -5.05. The number of hydrogen-bond donors (Lipinski definition) is 3. The summed E-state index contributed by atoms with van der Waals surface area (Å²) in [4.78, 5) is 16.0. The second-order valence-corrected chi connectivity index (χ2v) is 6.78. The van der Waals surface area contributed by atoms with Crippen LogP contribution in [0.2, 0.25) is 0 Å². The highest BCUT2D eigenvalue weighted by atomic mass is 19.3. The SMILES string of the molecule is CCOC(=O)/C(C(CO)=NC(=N)/C=C(\C)Cc1cc(F)cc(C(C)(F)F)c1)=C(\C)N. The Labute approximate surface area is 173 Å². The molecule has 0 radical (unpaired) electrons. The standard InChI is InChI=1S/C21H26F3N3O3/c1-5-30-20(29)19(13(3)25)17(11-28)27-18(26)7-12(2)6-14-8-15(21(4,23)24)10-16(22)9-14/h7-10,26,28H,5-6,11,25H2,1-4H3/b12-7+,19-13+,26-18?,27-17?. The Morgan fingerprint density at radius 3 is 2.47 bits per heavy atom. The first-order chi connectivity index (χ1) is 13.9. The molecule has 30 heavy (non-hydrogen) atoms. The first kappa shape index (κ1) is 25.1. The zero-order chi connectivity index (χ0) is 23.1. The zero-order valence-electron chi connectivity index (χ0n) is 17.4. The predicted molar refractivity (Wildman–Crippen MR) is 109 cm³/mol. The molecular weight excluding hydrogens is 399 g/mol. The van der Waals surface area contributed by atoms with Crippen LogP contribution < -0.4 is 5.73 Å². The van der Waals surface area contributed by atoms with Crippen LogP contribution in [0, 0.1) is 11.2 Å². The lowest BCUT2D eigenvalue weighted by Crippen LogP contribution is -2.23. The summed E-state index contributed by atoms with van der Waals surface area (Å²) in [5.41, 5.74) is 5.89. The number of halogens is 3. The molecule has 1 rings (SSSR count). The number of nitrogens with zero attached hydrogens (tertiary/aromatic N) is 1. The van der Waals surface area contributed by atoms with Gasteiger partial charge in [-0.15, -0.1) is 0 Å². The minimum absolute atomic E-state index is 0.0718. The molecule has 9 heteroatoms. The third-order valence-corrected chi connectivity index (χ3v) is 3.90. The van der Waals surface area contributed by atoms with Crippen LogP contribution in [-0.2, 0) is 21.9 Å². The fraction of sp³-hybridized carbons (Fsp3) is 0.381. The van der Waals surface area contributed by atoms with E-state index in [2.05, 4.69) is 4.99 Å². The van der Waals surface area contributed by atoms with Crippen LogP contribution in [0.1, 0.15) is 38.8 Å². The molecule has 6 nitrogen and oxygen atoms in total. The van der Waals surface area contributed by atoms with Gasteiger partial charge in [-0.1, -0.05) is 5.57 Å². The van der Waals surface area contributed by atoms with Crippen LogP contribution in [-0.4, -0.2) is 35.8 Å². The number of ether oxygens (including phenoxy) is 1. The molecule has 0 atom stereocenters. The molecule has 164 valence electrons. The van der Waals surface area contributed by atoms with Gasteiger partial charge in [0.25, 0.3) is 5.92 Å². The molecule has 0 saturated carbocycles. The summed E-state index contributed by atoms with van der Waals surface area (Å²) >= 11 is 0. The quantitative estimate of drug-likeness (QED) is 0.256. The van der Waals surface area contributed by atoms with E-state index in [1.807, 2.05) is 0 Å². The van der Waals surface area contributed by atoms with Gasteiger partial charge in [-0.05, 0) is 57.0 Å². The number of alkyl halides is 2. The van der Waals surface area contributed by atoms with Gasteiger partial charge in [0.15, 0.2) is 0 Å². The lowest BCUT2D eigenvalue weighted by atomic mass is 10.0. The first-order valence-electron chi connectivity index (χ1n) is 9.14. The number of carbonyl (C=O) groups excluding carboxylic acids is 1. The number of aliphatic hydroxyl groups excluding tert-OH is 1. The maximum absolute atomic E-state index is 13.7. The first-order valence-corrected chi connectivity index (χ1v) is 9.14. The van der Waals surface area contributed by atoms with Gasteiger partial charge in [0.2, 0.25) is 0 Å². The van der Waals surface area contributed by atoms with Crippen molar-refractivity contribution in [1.29, 1.82) is 5.41 Å². The fourth-order valence-electron chi connectivity index (χ4n) is 2.67. The van der Waals surface area contributed by atoms with Crippen molar-refractivity contribution < 1.29 is 27.8 Å². The van der Waals surface area contributed by atoms with E-state index in [-0.39, 0.29) is 35.8 Å². The van der Waals surface area contributed by atoms with Gasteiger partial charge in [-0.2, -0.15) is 0 Å². The van der Waals surface area contributed by atoms with E-state index in [9.17, 15) is 23.1 Å². The lowest BCUT2D eigenvalue weighted by molar-refractivity contribution is -0.137. The zero-order valence-corrected chi connectivity index (χ0v) is 17.4. The molecule has 0 spiro atoms. The summed E-state index contributed by atoms with van der Waals surface area (Å²) in [6.07, 6.45) is 1.42. The molecule has 0 aliphatic heterocycles. The molecule has 0 heterocycles. The van der Waals surface area contributed by atoms with Crippen molar-refractivity contribution in [1.82, 2.24) is 0 Å². The second-order valence-electron chi connectivity index (χ2n) is 6.78. The summed E-state index contributed by atoms with van der Waals surface area (Å²) in [6, 6.07) is 3.12. The molecule has 0 aliphatic carbocycles. The second kappa shape index (κ2) is 10.7. The number of aliphatic hydroxyl groups is 1. The Balaban J connectivity index is 3.13. The van der Waals surface area contributed by atoms with Gasteiger partial charge in [0.1, 0.15) is 17.2 Å². The minimum Gasteiger partial charge on any atom is -0.462 e. The van der Waals surface area contributed by atoms with Crippen molar-refractivity contribution in [3.05, 3.63) is 58.1 Å². The van der Waals surface area contributed by atoms with Crippen LogP contribution >= 0.6 is 0 Å². The number of nitrogens with one attached hydrogen (secondary N) is 1. The Hall–Kier alpha value is -2.94. The summed E-state index contributed by atoms with van der Waals surface area (Å²) < 4.78 is 45.6. The maximum atomic E-state index is 13.7. The molecule has 1 aromatic carbocycles. The molecule has 0 aromatic heterocycles. The van der Waals surface area contributed by atoms with Crippen LogP contribution in [0.3, 0.4) is 0 Å². The van der Waals surface area contributed by atoms with Crippen LogP contribution in [0.15, 0.2) is 46.1 Å². The third kappa shape index (κ3) is 7.47. The van der Waals surface area contributed by atoms with Crippen molar-refractivity contribution in [3.8, 4) is 0 Å². The van der Waals surface area contributed by atoms with E-state index in [0.717, 1.165) is 12.1 Å². The topological polar surface area (TPSA) is 109 Å². The van der Waals surface area contributed by atoms with Crippen molar-refractivity contribution in [3.63, 3.8) is 0 Å². The van der Waals surface area contributed by atoms with Gasteiger partial charge < -0.3 is 15.6 Å². The normalized spacial score (nSPS) is 13.7. The molecule has 0 amide bonds. The van der Waals surface area contributed by atoms with E-state index < -0.39 is 29.9 Å². The Morgan fingerprint density at radius 2 is 1.97 bits per heavy atom. The summed E-state index contributed by atoms with van der Waals surface area (Å²) in [5, 5.41) is 17.6. The number of nitrogens with two attached hydrogens (primary N) is 1.